The van der Waals surface area contributed by atoms with Crippen LogP contribution >= 0.6 is 0 Å². The molecule has 0 bridgehead atoms. The minimum atomic E-state index is -3.95. The van der Waals surface area contributed by atoms with Crippen molar-refractivity contribution in [1.29, 1.82) is 0 Å². The van der Waals surface area contributed by atoms with E-state index in [1.807, 2.05) is 0 Å². The molecule has 0 aliphatic carbocycles. The maximum Gasteiger partial charge on any atom is 0.322 e. The number of β-amino-alcohol motifs (C(OH)–C–C–N with tert-alkyl or cyclic N) is 1. The molecule has 1 aromatic rings. The fourth-order valence-electron chi connectivity index (χ4n) is 1.79. The summed E-state index contributed by atoms with van der Waals surface area (Å²) in [6, 6.07) is -0.00262. The van der Waals surface area contributed by atoms with Gasteiger partial charge in [-0.05, 0) is 6.07 Å². The summed E-state index contributed by atoms with van der Waals surface area (Å²) in [6.45, 7) is -0.224. The van der Waals surface area contributed by atoms with Crippen LogP contribution in [-0.4, -0.2) is 57.8 Å². The highest BCUT2D eigenvalue weighted by Gasteiger charge is 2.43. The molecule has 1 aromatic heterocycles. The average molecular weight is 261 g/mol. The summed E-state index contributed by atoms with van der Waals surface area (Å²) in [5.41, 5.74) is 0. The molecule has 1 aliphatic heterocycles. The molecule has 0 amide bonds. The van der Waals surface area contributed by atoms with Crippen molar-refractivity contribution in [1.82, 2.24) is 14.5 Å². The Hall–Kier alpha value is -1.45. The van der Waals surface area contributed by atoms with Gasteiger partial charge in [-0.3, -0.25) is 9.89 Å². The Labute approximate surface area is 96.9 Å². The van der Waals surface area contributed by atoms with Gasteiger partial charge in [0.25, 0.3) is 10.0 Å². The Balaban J connectivity index is 2.36. The van der Waals surface area contributed by atoms with Crippen molar-refractivity contribution in [3.63, 3.8) is 0 Å². The minimum Gasteiger partial charge on any atom is -0.480 e. The zero-order valence-corrected chi connectivity index (χ0v) is 9.46. The highest BCUT2D eigenvalue weighted by Crippen LogP contribution is 2.25. The summed E-state index contributed by atoms with van der Waals surface area (Å²) >= 11 is 0. The highest BCUT2D eigenvalue weighted by atomic mass is 32.2. The third kappa shape index (κ3) is 2.04. The van der Waals surface area contributed by atoms with Gasteiger partial charge >= 0.3 is 5.97 Å². The van der Waals surface area contributed by atoms with E-state index in [1.165, 1.54) is 12.3 Å². The van der Waals surface area contributed by atoms with Crippen LogP contribution < -0.4 is 0 Å². The molecule has 0 aromatic carbocycles. The lowest BCUT2D eigenvalue weighted by Gasteiger charge is -2.19. The second kappa shape index (κ2) is 4.09. The lowest BCUT2D eigenvalue weighted by molar-refractivity contribution is -0.140. The molecule has 0 unspecified atom stereocenters. The Morgan fingerprint density at radius 1 is 1.59 bits per heavy atom. The molecule has 8 nitrogen and oxygen atoms in total. The molecule has 1 aliphatic rings. The van der Waals surface area contributed by atoms with Crippen molar-refractivity contribution >= 4 is 16.0 Å². The molecule has 9 heteroatoms. The molecule has 17 heavy (non-hydrogen) atoms. The SMILES string of the molecule is O=C(O)[C@H]1C[C@@H](O)CN1S(=O)(=O)c1ccn[nH]1. The molecule has 2 heterocycles. The first kappa shape index (κ1) is 12.0. The number of sulfonamides is 1. The lowest BCUT2D eigenvalue weighted by Crippen LogP contribution is -2.40. The maximum atomic E-state index is 12.0. The number of aromatic nitrogens is 2. The fourth-order valence-corrected chi connectivity index (χ4v) is 3.32. The van der Waals surface area contributed by atoms with E-state index in [-0.39, 0.29) is 18.0 Å². The number of rotatable bonds is 3. The zero-order chi connectivity index (χ0) is 12.6. The molecule has 0 spiro atoms. The molecule has 3 N–H and O–H groups in total. The monoisotopic (exact) mass is 261 g/mol. The first-order valence-electron chi connectivity index (χ1n) is 4.85. The van der Waals surface area contributed by atoms with E-state index < -0.39 is 28.1 Å². The van der Waals surface area contributed by atoms with Crippen LogP contribution in [0.1, 0.15) is 6.42 Å². The number of carboxylic acids is 1. The predicted octanol–water partition coefficient (Wildman–Crippen LogP) is -1.38. The van der Waals surface area contributed by atoms with E-state index in [0.29, 0.717) is 0 Å². The van der Waals surface area contributed by atoms with Crippen molar-refractivity contribution < 1.29 is 23.4 Å². The van der Waals surface area contributed by atoms with E-state index in [0.717, 1.165) is 4.31 Å². The standard InChI is InChI=1S/C8H11N3O5S/c12-5-3-6(8(13)14)11(4-5)17(15,16)7-1-2-9-10-7/h1-2,5-6,12H,3-4H2,(H,9,10)(H,13,14)/t5-,6-/m1/s1. The maximum absolute atomic E-state index is 12.0. The fraction of sp³-hybridized carbons (Fsp3) is 0.500. The number of carbonyl (C=O) groups is 1. The van der Waals surface area contributed by atoms with Crippen LogP contribution in [0.25, 0.3) is 0 Å². The lowest BCUT2D eigenvalue weighted by atomic mass is 10.2. The van der Waals surface area contributed by atoms with Gasteiger partial charge in [0, 0.05) is 13.0 Å². The number of nitrogens with zero attached hydrogens (tertiary/aromatic N) is 2. The molecule has 94 valence electrons. The van der Waals surface area contributed by atoms with E-state index in [4.69, 9.17) is 5.11 Å². The Kier molecular flexibility index (Phi) is 2.89. The predicted molar refractivity (Wildman–Crippen MR) is 54.5 cm³/mol. The van der Waals surface area contributed by atoms with Gasteiger partial charge in [0.15, 0.2) is 5.03 Å². The van der Waals surface area contributed by atoms with E-state index in [9.17, 15) is 18.3 Å². The van der Waals surface area contributed by atoms with Crippen LogP contribution in [-0.2, 0) is 14.8 Å². The number of aliphatic carboxylic acids is 1. The summed E-state index contributed by atoms with van der Waals surface area (Å²) in [4.78, 5) is 10.9. The van der Waals surface area contributed by atoms with Crippen molar-refractivity contribution in [2.24, 2.45) is 0 Å². The number of aromatic amines is 1. The van der Waals surface area contributed by atoms with Crippen LogP contribution in [0.2, 0.25) is 0 Å². The van der Waals surface area contributed by atoms with Gasteiger partial charge in [0.05, 0.1) is 12.3 Å². The number of aliphatic hydroxyl groups excluding tert-OH is 1. The Bertz CT molecular complexity index is 511. The first-order valence-corrected chi connectivity index (χ1v) is 6.29. The van der Waals surface area contributed by atoms with E-state index in [1.54, 1.807) is 0 Å². The topological polar surface area (TPSA) is 124 Å². The molecule has 0 saturated carbocycles. The summed E-state index contributed by atoms with van der Waals surface area (Å²) in [5, 5.41) is 23.9. The van der Waals surface area contributed by atoms with Gasteiger partial charge in [-0.25, -0.2) is 8.42 Å². The zero-order valence-electron chi connectivity index (χ0n) is 8.65. The van der Waals surface area contributed by atoms with Gasteiger partial charge in [-0.15, -0.1) is 0 Å². The number of H-pyrrole nitrogens is 1. The summed E-state index contributed by atoms with van der Waals surface area (Å²) in [6.07, 6.45) is 0.187. The number of hydrogen-bond donors (Lipinski definition) is 3. The quantitative estimate of drug-likeness (QED) is 0.616. The van der Waals surface area contributed by atoms with Crippen molar-refractivity contribution in [2.75, 3.05) is 6.54 Å². The smallest absolute Gasteiger partial charge is 0.322 e. The van der Waals surface area contributed by atoms with Gasteiger partial charge in [0.2, 0.25) is 0 Å². The second-order valence-corrected chi connectivity index (χ2v) is 5.60. The summed E-state index contributed by atoms with van der Waals surface area (Å²) < 4.78 is 24.8. The molecular weight excluding hydrogens is 250 g/mol. The van der Waals surface area contributed by atoms with Gasteiger partial charge < -0.3 is 10.2 Å². The third-order valence-corrected chi connectivity index (χ3v) is 4.38. The highest BCUT2D eigenvalue weighted by molar-refractivity contribution is 7.89. The van der Waals surface area contributed by atoms with E-state index in [2.05, 4.69) is 10.2 Å². The van der Waals surface area contributed by atoms with Crippen LogP contribution in [0.15, 0.2) is 17.3 Å². The number of aliphatic hydroxyl groups is 1. The van der Waals surface area contributed by atoms with Crippen molar-refractivity contribution in [3.05, 3.63) is 12.3 Å². The Morgan fingerprint density at radius 2 is 2.29 bits per heavy atom. The van der Waals surface area contributed by atoms with Crippen molar-refractivity contribution in [3.8, 4) is 0 Å². The molecule has 1 fully saturated rings. The van der Waals surface area contributed by atoms with Gasteiger partial charge in [-0.2, -0.15) is 9.40 Å². The molecular formula is C8H11N3O5S. The van der Waals surface area contributed by atoms with E-state index >= 15 is 0 Å². The number of carboxylic acid groups (broad SMARTS) is 1. The Morgan fingerprint density at radius 3 is 2.82 bits per heavy atom. The summed E-state index contributed by atoms with van der Waals surface area (Å²) in [7, 11) is -3.95. The minimum absolute atomic E-state index is 0.108. The van der Waals surface area contributed by atoms with Gasteiger partial charge in [-0.1, -0.05) is 0 Å². The van der Waals surface area contributed by atoms with Crippen LogP contribution in [0.5, 0.6) is 0 Å². The average Bonchev–Trinajstić information content (AvgIpc) is 2.84. The largest absolute Gasteiger partial charge is 0.480 e. The molecule has 2 rings (SSSR count). The molecule has 0 radical (unpaired) electrons. The number of hydrogen-bond acceptors (Lipinski definition) is 5. The van der Waals surface area contributed by atoms with Crippen LogP contribution in [0, 0.1) is 0 Å². The van der Waals surface area contributed by atoms with Crippen LogP contribution in [0.3, 0.4) is 0 Å². The van der Waals surface area contributed by atoms with Crippen LogP contribution in [0.4, 0.5) is 0 Å². The molecule has 2 atom stereocenters. The third-order valence-electron chi connectivity index (χ3n) is 2.58. The normalized spacial score (nSPS) is 26.2. The second-order valence-electron chi connectivity index (χ2n) is 3.74. The first-order chi connectivity index (χ1) is 7.93. The van der Waals surface area contributed by atoms with Crippen molar-refractivity contribution in [2.45, 2.75) is 23.6 Å². The summed E-state index contributed by atoms with van der Waals surface area (Å²) in [5.74, 6) is -1.27. The molecule has 1 saturated heterocycles. The number of nitrogens with one attached hydrogen (secondary N) is 1. The van der Waals surface area contributed by atoms with Gasteiger partial charge in [0.1, 0.15) is 6.04 Å².